The highest BCUT2D eigenvalue weighted by molar-refractivity contribution is 14.0. The molecule has 0 spiro atoms. The third kappa shape index (κ3) is 7.18. The molecule has 0 saturated carbocycles. The summed E-state index contributed by atoms with van der Waals surface area (Å²) in [6.07, 6.45) is 0. The largest absolute Gasteiger partial charge is 0.491 e. The molecule has 0 radical (unpaired) electrons. The summed E-state index contributed by atoms with van der Waals surface area (Å²) in [4.78, 5) is 4.34. The Kier molecular flexibility index (Phi) is 9.18. The second kappa shape index (κ2) is 10.9. The second-order valence-electron chi connectivity index (χ2n) is 5.18. The summed E-state index contributed by atoms with van der Waals surface area (Å²) >= 11 is 0. The molecule has 0 aromatic heterocycles. The van der Waals surface area contributed by atoms with Gasteiger partial charge in [0.15, 0.2) is 5.96 Å². The van der Waals surface area contributed by atoms with Gasteiger partial charge >= 0.3 is 0 Å². The van der Waals surface area contributed by atoms with E-state index in [1.54, 1.807) is 7.11 Å². The van der Waals surface area contributed by atoms with Crippen molar-refractivity contribution in [1.29, 1.82) is 0 Å². The maximum atomic E-state index is 5.90. The molecule has 0 unspecified atom stereocenters. The van der Waals surface area contributed by atoms with Gasteiger partial charge in [0, 0.05) is 12.8 Å². The summed E-state index contributed by atoms with van der Waals surface area (Å²) in [7, 11) is 1.65. The van der Waals surface area contributed by atoms with Crippen molar-refractivity contribution in [2.45, 2.75) is 13.5 Å². The van der Waals surface area contributed by atoms with Crippen LogP contribution in [0.1, 0.15) is 11.1 Å². The molecular weight excluding hydrogens is 417 g/mol. The molecule has 0 fully saturated rings. The number of nitrogens with two attached hydrogens (primary N) is 1. The van der Waals surface area contributed by atoms with Crippen LogP contribution >= 0.6 is 24.0 Å². The highest BCUT2D eigenvalue weighted by Gasteiger charge is 1.97. The maximum absolute atomic E-state index is 5.90. The Morgan fingerprint density at radius 2 is 1.71 bits per heavy atom. The van der Waals surface area contributed by atoms with Crippen LogP contribution in [0.5, 0.6) is 5.75 Å². The van der Waals surface area contributed by atoms with Crippen molar-refractivity contribution in [3.63, 3.8) is 0 Å². The van der Waals surface area contributed by atoms with Crippen LogP contribution in [0.15, 0.2) is 53.5 Å². The Balaban J connectivity index is 0.00000288. The fraction of sp³-hybridized carbons (Fsp3) is 0.278. The summed E-state index contributed by atoms with van der Waals surface area (Å²) in [5.74, 6) is 1.22. The fourth-order valence-corrected chi connectivity index (χ4v) is 1.93. The van der Waals surface area contributed by atoms with Crippen molar-refractivity contribution in [3.05, 3.63) is 59.7 Å². The van der Waals surface area contributed by atoms with Crippen molar-refractivity contribution < 1.29 is 9.47 Å². The smallest absolute Gasteiger partial charge is 0.193 e. The van der Waals surface area contributed by atoms with E-state index in [1.165, 1.54) is 5.56 Å². The summed E-state index contributed by atoms with van der Waals surface area (Å²) in [5, 5.41) is 3.07. The Morgan fingerprint density at radius 1 is 1.04 bits per heavy atom. The van der Waals surface area contributed by atoms with Gasteiger partial charge in [-0.25, -0.2) is 4.99 Å². The number of nitrogens with zero attached hydrogens (tertiary/aromatic N) is 1. The minimum Gasteiger partial charge on any atom is -0.491 e. The van der Waals surface area contributed by atoms with Crippen LogP contribution < -0.4 is 15.8 Å². The monoisotopic (exact) mass is 441 g/mol. The first-order valence-corrected chi connectivity index (χ1v) is 7.51. The van der Waals surface area contributed by atoms with E-state index < -0.39 is 0 Å². The van der Waals surface area contributed by atoms with Crippen LogP contribution in [0.25, 0.3) is 0 Å². The van der Waals surface area contributed by atoms with Crippen LogP contribution in [-0.4, -0.2) is 26.3 Å². The lowest BCUT2D eigenvalue weighted by Crippen LogP contribution is -2.22. The standard InChI is InChI=1S/C18H23N3O2.HI/c1-14-3-7-16(8-4-14)21-18(19)20-13-15-5-9-17(10-6-15)23-12-11-22-2;/h3-10H,11-13H2,1-2H3,(H3,19,20,21);1H. The number of hydrogen-bond donors (Lipinski definition) is 2. The quantitative estimate of drug-likeness (QED) is 0.299. The number of nitrogens with one attached hydrogen (secondary N) is 1. The third-order valence-electron chi connectivity index (χ3n) is 3.24. The van der Waals surface area contributed by atoms with Crippen molar-refractivity contribution in [2.75, 3.05) is 25.6 Å². The van der Waals surface area contributed by atoms with Gasteiger partial charge in [0.05, 0.1) is 13.2 Å². The predicted octanol–water partition coefficient (Wildman–Crippen LogP) is 3.57. The summed E-state index contributed by atoms with van der Waals surface area (Å²) < 4.78 is 10.5. The highest BCUT2D eigenvalue weighted by Crippen LogP contribution is 2.13. The number of aryl methyl sites for hydroxylation is 1. The zero-order valence-corrected chi connectivity index (χ0v) is 16.3. The van der Waals surface area contributed by atoms with Crippen LogP contribution in [0.2, 0.25) is 0 Å². The van der Waals surface area contributed by atoms with Gasteiger partial charge in [0.2, 0.25) is 0 Å². The normalized spacial score (nSPS) is 10.8. The van der Waals surface area contributed by atoms with E-state index >= 15 is 0 Å². The molecule has 0 saturated heterocycles. The molecule has 5 nitrogen and oxygen atoms in total. The van der Waals surface area contributed by atoms with E-state index in [0.717, 1.165) is 17.0 Å². The zero-order chi connectivity index (χ0) is 16.5. The first-order valence-electron chi connectivity index (χ1n) is 7.51. The fourth-order valence-electron chi connectivity index (χ4n) is 1.93. The molecule has 2 rings (SSSR count). The molecule has 0 heterocycles. The molecule has 0 atom stereocenters. The van der Waals surface area contributed by atoms with Crippen LogP contribution in [0, 0.1) is 6.92 Å². The van der Waals surface area contributed by atoms with E-state index in [-0.39, 0.29) is 24.0 Å². The second-order valence-corrected chi connectivity index (χ2v) is 5.18. The number of guanidine groups is 1. The Morgan fingerprint density at radius 3 is 2.33 bits per heavy atom. The summed E-state index contributed by atoms with van der Waals surface area (Å²) in [6.45, 7) is 3.68. The van der Waals surface area contributed by atoms with Crippen molar-refractivity contribution in [2.24, 2.45) is 10.7 Å². The van der Waals surface area contributed by atoms with Gasteiger partial charge in [-0.2, -0.15) is 0 Å². The molecular formula is C18H24IN3O2. The molecule has 0 bridgehead atoms. The molecule has 0 aliphatic rings. The minimum atomic E-state index is 0. The molecule has 2 aromatic carbocycles. The van der Waals surface area contributed by atoms with Gasteiger partial charge in [0.1, 0.15) is 12.4 Å². The van der Waals surface area contributed by atoms with Crippen LogP contribution in [0.3, 0.4) is 0 Å². The van der Waals surface area contributed by atoms with Gasteiger partial charge in [-0.05, 0) is 36.8 Å². The first-order chi connectivity index (χ1) is 11.2. The summed E-state index contributed by atoms with van der Waals surface area (Å²) in [5.41, 5.74) is 9.11. The number of hydrogen-bond acceptors (Lipinski definition) is 3. The number of ether oxygens (including phenoxy) is 2. The van der Waals surface area contributed by atoms with Crippen molar-refractivity contribution >= 4 is 35.6 Å². The van der Waals surface area contributed by atoms with Crippen molar-refractivity contribution in [3.8, 4) is 5.75 Å². The van der Waals surface area contributed by atoms with E-state index in [2.05, 4.69) is 10.3 Å². The number of aliphatic imine (C=N–C) groups is 1. The lowest BCUT2D eigenvalue weighted by atomic mass is 10.2. The van der Waals surface area contributed by atoms with Gasteiger partial charge in [-0.3, -0.25) is 0 Å². The van der Waals surface area contributed by atoms with Crippen LogP contribution in [0.4, 0.5) is 5.69 Å². The Labute approximate surface area is 160 Å². The molecule has 2 aromatic rings. The topological polar surface area (TPSA) is 68.9 Å². The molecule has 3 N–H and O–H groups in total. The minimum absolute atomic E-state index is 0. The van der Waals surface area contributed by atoms with E-state index in [1.807, 2.05) is 55.5 Å². The average Bonchev–Trinajstić information content (AvgIpc) is 2.56. The maximum Gasteiger partial charge on any atom is 0.193 e. The zero-order valence-electron chi connectivity index (χ0n) is 14.0. The lowest BCUT2D eigenvalue weighted by molar-refractivity contribution is 0.146. The first kappa shape index (κ1) is 20.2. The van der Waals surface area contributed by atoms with Gasteiger partial charge in [-0.15, -0.1) is 24.0 Å². The average molecular weight is 441 g/mol. The van der Waals surface area contributed by atoms with E-state index in [0.29, 0.717) is 25.7 Å². The van der Waals surface area contributed by atoms with Gasteiger partial charge in [0.25, 0.3) is 0 Å². The molecule has 6 heteroatoms. The van der Waals surface area contributed by atoms with Crippen molar-refractivity contribution in [1.82, 2.24) is 0 Å². The Bertz CT molecular complexity index is 628. The molecule has 0 aliphatic heterocycles. The SMILES string of the molecule is COCCOc1ccc(CN=C(N)Nc2ccc(C)cc2)cc1.I. The highest BCUT2D eigenvalue weighted by atomic mass is 127. The number of rotatable bonds is 7. The molecule has 24 heavy (non-hydrogen) atoms. The summed E-state index contributed by atoms with van der Waals surface area (Å²) in [6, 6.07) is 15.8. The van der Waals surface area contributed by atoms with Gasteiger partial charge in [-0.1, -0.05) is 29.8 Å². The molecule has 0 aliphatic carbocycles. The van der Waals surface area contributed by atoms with E-state index in [9.17, 15) is 0 Å². The third-order valence-corrected chi connectivity index (χ3v) is 3.24. The van der Waals surface area contributed by atoms with E-state index in [4.69, 9.17) is 15.2 Å². The molecule has 130 valence electrons. The Hall–Kier alpha value is -1.80. The van der Waals surface area contributed by atoms with Crippen LogP contribution in [-0.2, 0) is 11.3 Å². The molecule has 0 amide bonds. The number of anilines is 1. The number of halogens is 1. The van der Waals surface area contributed by atoms with Gasteiger partial charge < -0.3 is 20.5 Å². The number of methoxy groups -OCH3 is 1. The lowest BCUT2D eigenvalue weighted by Gasteiger charge is -2.07. The number of benzene rings is 2. The predicted molar refractivity (Wildman–Crippen MR) is 109 cm³/mol.